The van der Waals surface area contributed by atoms with E-state index in [1.165, 1.54) is 10.5 Å². The van der Waals surface area contributed by atoms with Crippen molar-refractivity contribution in [2.75, 3.05) is 32.8 Å². The fourth-order valence-corrected chi connectivity index (χ4v) is 5.13. The lowest BCUT2D eigenvalue weighted by Crippen LogP contribution is -2.49. The highest BCUT2D eigenvalue weighted by atomic mass is 35.5. The van der Waals surface area contributed by atoms with E-state index in [-0.39, 0.29) is 30.7 Å². The standard InChI is InChI=1S/C25H28ClN3O5/c26-19-4-5-22-18(11-19)12-25(34-22)6-8-28(9-7-25)14-20(30)16-33-21-3-1-2-17(10-21)13-29-15-23(31)27-24(29)32/h1-5,10-11,20,30H,6-9,12-16H2,(H,27,31,32)/t20-/m1/s1. The number of aliphatic hydroxyl groups is 1. The van der Waals surface area contributed by atoms with Crippen molar-refractivity contribution in [3.63, 3.8) is 0 Å². The number of piperidine rings is 1. The third-order valence-corrected chi connectivity index (χ3v) is 6.92. The summed E-state index contributed by atoms with van der Waals surface area (Å²) in [5.41, 5.74) is 1.87. The van der Waals surface area contributed by atoms with Crippen molar-refractivity contribution in [2.45, 2.75) is 37.5 Å². The Hall–Kier alpha value is -2.81. The van der Waals surface area contributed by atoms with Gasteiger partial charge in [-0.15, -0.1) is 0 Å². The number of aliphatic hydroxyl groups excluding tert-OH is 1. The minimum atomic E-state index is -0.625. The fourth-order valence-electron chi connectivity index (χ4n) is 4.93. The number of nitrogens with one attached hydrogen (secondary N) is 1. The molecule has 1 spiro atoms. The second-order valence-corrected chi connectivity index (χ2v) is 9.77. The van der Waals surface area contributed by atoms with Crippen LogP contribution in [0.5, 0.6) is 11.5 Å². The van der Waals surface area contributed by atoms with E-state index in [9.17, 15) is 14.7 Å². The minimum absolute atomic E-state index is 0.0601. The van der Waals surface area contributed by atoms with Gasteiger partial charge in [0.05, 0.1) is 0 Å². The number of β-amino-alcohol motifs (C(OH)–C–C–N with tert-alkyl or cyclic N) is 1. The van der Waals surface area contributed by atoms with E-state index in [1.807, 2.05) is 42.5 Å². The molecule has 0 unspecified atom stereocenters. The second-order valence-electron chi connectivity index (χ2n) is 9.34. The number of nitrogens with zero attached hydrogens (tertiary/aromatic N) is 2. The van der Waals surface area contributed by atoms with Crippen LogP contribution in [0.2, 0.25) is 5.02 Å². The average Bonchev–Trinajstić information content (AvgIpc) is 3.32. The van der Waals surface area contributed by atoms with Crippen LogP contribution in [-0.4, -0.2) is 71.3 Å². The Morgan fingerprint density at radius 2 is 2.00 bits per heavy atom. The van der Waals surface area contributed by atoms with Gasteiger partial charge in [0, 0.05) is 50.5 Å². The number of benzene rings is 2. The molecule has 2 aromatic rings. The smallest absolute Gasteiger partial charge is 0.324 e. The van der Waals surface area contributed by atoms with Crippen molar-refractivity contribution in [1.29, 1.82) is 0 Å². The Morgan fingerprint density at radius 3 is 2.76 bits per heavy atom. The normalized spacial score (nSPS) is 20.2. The van der Waals surface area contributed by atoms with Gasteiger partial charge >= 0.3 is 6.03 Å². The monoisotopic (exact) mass is 485 g/mol. The Bertz CT molecular complexity index is 1090. The van der Waals surface area contributed by atoms with Crippen LogP contribution in [0.3, 0.4) is 0 Å². The molecule has 1 atom stereocenters. The molecular weight excluding hydrogens is 458 g/mol. The van der Waals surface area contributed by atoms with Gasteiger partial charge < -0.3 is 24.4 Å². The molecule has 5 rings (SSSR count). The first-order valence-corrected chi connectivity index (χ1v) is 11.9. The molecule has 3 heterocycles. The minimum Gasteiger partial charge on any atom is -0.491 e. The molecule has 0 bridgehead atoms. The number of amides is 3. The summed E-state index contributed by atoms with van der Waals surface area (Å²) in [7, 11) is 0. The van der Waals surface area contributed by atoms with Gasteiger partial charge in [-0.1, -0.05) is 23.7 Å². The average molecular weight is 486 g/mol. The summed E-state index contributed by atoms with van der Waals surface area (Å²) in [4.78, 5) is 26.8. The number of rotatable bonds is 7. The zero-order valence-electron chi connectivity index (χ0n) is 18.8. The number of halogens is 1. The molecule has 180 valence electrons. The third-order valence-electron chi connectivity index (χ3n) is 6.68. The summed E-state index contributed by atoms with van der Waals surface area (Å²) >= 11 is 6.13. The Morgan fingerprint density at radius 1 is 1.18 bits per heavy atom. The number of hydrogen-bond acceptors (Lipinski definition) is 6. The Balaban J connectivity index is 1.07. The molecule has 2 aromatic carbocycles. The number of urea groups is 1. The number of carbonyl (C=O) groups is 2. The summed E-state index contributed by atoms with van der Waals surface area (Å²) in [5, 5.41) is 13.6. The van der Waals surface area contributed by atoms with Crippen LogP contribution in [0, 0.1) is 0 Å². The molecule has 3 aliphatic heterocycles. The number of imide groups is 1. The summed E-state index contributed by atoms with van der Waals surface area (Å²) < 4.78 is 12.1. The first kappa shape index (κ1) is 23.0. The van der Waals surface area contributed by atoms with Crippen molar-refractivity contribution >= 4 is 23.5 Å². The highest BCUT2D eigenvalue weighted by Gasteiger charge is 2.42. The molecule has 3 aliphatic rings. The number of ether oxygens (including phenoxy) is 2. The summed E-state index contributed by atoms with van der Waals surface area (Å²) in [6, 6.07) is 12.8. The lowest BCUT2D eigenvalue weighted by Gasteiger charge is -2.39. The molecule has 0 saturated carbocycles. The van der Waals surface area contributed by atoms with E-state index in [2.05, 4.69) is 10.2 Å². The third kappa shape index (κ3) is 5.14. The molecule has 8 nitrogen and oxygen atoms in total. The van der Waals surface area contributed by atoms with Crippen LogP contribution in [0.15, 0.2) is 42.5 Å². The summed E-state index contributed by atoms with van der Waals surface area (Å²) in [5.74, 6) is 1.26. The van der Waals surface area contributed by atoms with Crippen LogP contribution in [0.4, 0.5) is 4.79 Å². The number of fused-ring (bicyclic) bond motifs is 1. The van der Waals surface area contributed by atoms with Crippen LogP contribution < -0.4 is 14.8 Å². The van der Waals surface area contributed by atoms with Crippen molar-refractivity contribution in [3.05, 3.63) is 58.6 Å². The quantitative estimate of drug-likeness (QED) is 0.586. The molecule has 0 aromatic heterocycles. The van der Waals surface area contributed by atoms with Gasteiger partial charge in [0.1, 0.15) is 36.4 Å². The predicted molar refractivity (Wildman–Crippen MR) is 126 cm³/mol. The maximum Gasteiger partial charge on any atom is 0.324 e. The molecule has 3 amide bonds. The topological polar surface area (TPSA) is 91.3 Å². The first-order valence-electron chi connectivity index (χ1n) is 11.6. The van der Waals surface area contributed by atoms with E-state index in [0.29, 0.717) is 18.8 Å². The van der Waals surface area contributed by atoms with Gasteiger partial charge in [0.2, 0.25) is 5.91 Å². The van der Waals surface area contributed by atoms with Crippen molar-refractivity contribution in [1.82, 2.24) is 15.1 Å². The van der Waals surface area contributed by atoms with Crippen LogP contribution in [0.1, 0.15) is 24.0 Å². The van der Waals surface area contributed by atoms with E-state index in [4.69, 9.17) is 21.1 Å². The highest BCUT2D eigenvalue weighted by Crippen LogP contribution is 2.41. The Labute approximate surface area is 203 Å². The van der Waals surface area contributed by atoms with Crippen molar-refractivity contribution in [2.24, 2.45) is 0 Å². The van der Waals surface area contributed by atoms with Crippen LogP contribution >= 0.6 is 11.6 Å². The summed E-state index contributed by atoms with van der Waals surface area (Å²) in [6.45, 7) is 2.80. The molecule has 9 heteroatoms. The highest BCUT2D eigenvalue weighted by molar-refractivity contribution is 6.30. The lowest BCUT2D eigenvalue weighted by atomic mass is 9.87. The lowest BCUT2D eigenvalue weighted by molar-refractivity contribution is -0.118. The largest absolute Gasteiger partial charge is 0.491 e. The van der Waals surface area contributed by atoms with Crippen LogP contribution in [0.25, 0.3) is 0 Å². The maximum atomic E-state index is 11.7. The van der Waals surface area contributed by atoms with Crippen molar-refractivity contribution in [3.8, 4) is 11.5 Å². The van der Waals surface area contributed by atoms with Crippen LogP contribution in [-0.2, 0) is 17.8 Å². The fraction of sp³-hybridized carbons (Fsp3) is 0.440. The van der Waals surface area contributed by atoms with E-state index in [1.54, 1.807) is 0 Å². The van der Waals surface area contributed by atoms with Gasteiger partial charge in [-0.25, -0.2) is 4.79 Å². The van der Waals surface area contributed by atoms with Crippen molar-refractivity contribution < 1.29 is 24.2 Å². The SMILES string of the molecule is O=C1CN(Cc2cccc(OC[C@H](O)CN3CCC4(CC3)Cc3cc(Cl)ccc3O4)c2)C(=O)N1. The molecule has 0 radical (unpaired) electrons. The summed E-state index contributed by atoms with van der Waals surface area (Å²) in [6.07, 6.45) is 2.06. The predicted octanol–water partition coefficient (Wildman–Crippen LogP) is 2.60. The zero-order valence-corrected chi connectivity index (χ0v) is 19.6. The van der Waals surface area contributed by atoms with E-state index < -0.39 is 6.10 Å². The number of carbonyl (C=O) groups excluding carboxylic acids is 2. The maximum absolute atomic E-state index is 11.7. The zero-order chi connectivity index (χ0) is 23.7. The molecule has 34 heavy (non-hydrogen) atoms. The molecule has 0 aliphatic carbocycles. The van der Waals surface area contributed by atoms with Gasteiger partial charge in [-0.3, -0.25) is 10.1 Å². The van der Waals surface area contributed by atoms with E-state index >= 15 is 0 Å². The molecule has 2 fully saturated rings. The molecule has 2 saturated heterocycles. The molecule has 2 N–H and O–H groups in total. The van der Waals surface area contributed by atoms with E-state index in [0.717, 1.165) is 48.7 Å². The van der Waals surface area contributed by atoms with Gasteiger partial charge in [0.15, 0.2) is 0 Å². The number of likely N-dealkylation sites (tertiary alicyclic amines) is 1. The van der Waals surface area contributed by atoms with Gasteiger partial charge in [-0.2, -0.15) is 0 Å². The molecular formula is C25H28ClN3O5. The number of hydrogen-bond donors (Lipinski definition) is 2. The van der Waals surface area contributed by atoms with Gasteiger partial charge in [0.25, 0.3) is 0 Å². The Kier molecular flexibility index (Phi) is 6.38. The first-order chi connectivity index (χ1) is 16.4. The van der Waals surface area contributed by atoms with Gasteiger partial charge in [-0.05, 0) is 41.5 Å². The second kappa shape index (κ2) is 9.44.